The highest BCUT2D eigenvalue weighted by molar-refractivity contribution is 5.92. The molecule has 0 aliphatic rings. The van der Waals surface area contributed by atoms with Crippen molar-refractivity contribution in [2.24, 2.45) is 0 Å². The standard InChI is InChI=1S/C50H90N2O10/c1-10-15-18-21-24-31-44(30-23-20-17-12-3)61-48(54)33-26-37-52(36-25-32-47(53)60-43(14-5)29-22-19-16-11-2)38-27-34-49(55)62-46(41-57-8)45(58-9)40-42(13-4)50(56)59-39-28-35-51(6)7/h13,40,43-44H,4,10-12,14-39,41H2,1-3,5-9H3/b42-40+,46-45-. The third kappa shape index (κ3) is 32.5. The van der Waals surface area contributed by atoms with Gasteiger partial charge in [-0.05, 0) is 110 Å². The van der Waals surface area contributed by atoms with Crippen LogP contribution in [-0.4, -0.2) is 114 Å². The van der Waals surface area contributed by atoms with E-state index < -0.39 is 11.9 Å². The summed E-state index contributed by atoms with van der Waals surface area (Å²) in [7, 11) is 6.79. The van der Waals surface area contributed by atoms with Crippen LogP contribution in [0.1, 0.15) is 182 Å². The first kappa shape index (κ1) is 58.8. The maximum absolute atomic E-state index is 13.2. The zero-order valence-electron chi connectivity index (χ0n) is 40.7. The Morgan fingerprint density at radius 2 is 1.08 bits per heavy atom. The molecule has 0 aromatic heterocycles. The summed E-state index contributed by atoms with van der Waals surface area (Å²) in [6, 6.07) is 0. The first-order valence-electron chi connectivity index (χ1n) is 24.2. The minimum Gasteiger partial charge on any atom is -0.493 e. The van der Waals surface area contributed by atoms with Crippen LogP contribution in [0.5, 0.6) is 0 Å². The number of esters is 4. The molecule has 0 heterocycles. The van der Waals surface area contributed by atoms with Crippen LogP contribution >= 0.6 is 0 Å². The molecule has 2 atom stereocenters. The van der Waals surface area contributed by atoms with Crippen LogP contribution in [0.3, 0.4) is 0 Å². The summed E-state index contributed by atoms with van der Waals surface area (Å²) in [6.45, 7) is 15.2. The molecule has 0 aliphatic carbocycles. The average Bonchev–Trinajstić information content (AvgIpc) is 3.24. The van der Waals surface area contributed by atoms with Crippen LogP contribution in [0.4, 0.5) is 0 Å². The van der Waals surface area contributed by atoms with Gasteiger partial charge in [0, 0.05) is 32.9 Å². The van der Waals surface area contributed by atoms with Gasteiger partial charge in [0.05, 0.1) is 19.3 Å². The van der Waals surface area contributed by atoms with Crippen LogP contribution in [0.2, 0.25) is 0 Å². The largest absolute Gasteiger partial charge is 0.493 e. The van der Waals surface area contributed by atoms with Crippen molar-refractivity contribution in [1.29, 1.82) is 0 Å². The SMILES string of the molecule is C=C/C(=C\C(OC)=C(/COC)OC(=O)CCCN(CCCC(=O)OC(CC)CCCCCC)CCCC(=O)OC(CCCCCC)CCCCCCC)C(=O)OCCCN(C)C. The molecule has 0 saturated heterocycles. The van der Waals surface area contributed by atoms with Gasteiger partial charge < -0.3 is 38.2 Å². The van der Waals surface area contributed by atoms with E-state index in [9.17, 15) is 19.2 Å². The third-order valence-corrected chi connectivity index (χ3v) is 10.7. The Morgan fingerprint density at radius 3 is 1.55 bits per heavy atom. The molecule has 0 fully saturated rings. The van der Waals surface area contributed by atoms with Gasteiger partial charge in [-0.2, -0.15) is 0 Å². The fourth-order valence-corrected chi connectivity index (χ4v) is 7.04. The molecule has 0 spiro atoms. The fourth-order valence-electron chi connectivity index (χ4n) is 7.04. The topological polar surface area (TPSA) is 130 Å². The normalized spacial score (nSPS) is 13.1. The number of methoxy groups -OCH3 is 2. The van der Waals surface area contributed by atoms with E-state index in [0.717, 1.165) is 64.3 Å². The summed E-state index contributed by atoms with van der Waals surface area (Å²) in [4.78, 5) is 56.1. The molecule has 0 rings (SSSR count). The Bertz CT molecular complexity index is 1250. The van der Waals surface area contributed by atoms with Crippen LogP contribution in [0.25, 0.3) is 0 Å². The maximum atomic E-state index is 13.2. The summed E-state index contributed by atoms with van der Waals surface area (Å²) in [5.41, 5.74) is 0.154. The summed E-state index contributed by atoms with van der Waals surface area (Å²) in [5.74, 6) is -1.13. The second-order valence-corrected chi connectivity index (χ2v) is 16.7. The monoisotopic (exact) mass is 879 g/mol. The van der Waals surface area contributed by atoms with E-state index in [1.54, 1.807) is 0 Å². The molecule has 62 heavy (non-hydrogen) atoms. The molecule has 0 bridgehead atoms. The molecular formula is C50H90N2O10. The maximum Gasteiger partial charge on any atom is 0.338 e. The van der Waals surface area contributed by atoms with Crippen molar-refractivity contribution in [2.75, 3.05) is 67.7 Å². The van der Waals surface area contributed by atoms with E-state index in [-0.39, 0.29) is 60.9 Å². The summed E-state index contributed by atoms with van der Waals surface area (Å²) < 4.78 is 33.8. The Kier molecular flexibility index (Phi) is 38.4. The second kappa shape index (κ2) is 40.5. The minimum atomic E-state index is -0.564. The highest BCUT2D eigenvalue weighted by atomic mass is 16.6. The molecule has 12 heteroatoms. The van der Waals surface area contributed by atoms with Crippen molar-refractivity contribution >= 4 is 23.9 Å². The third-order valence-electron chi connectivity index (χ3n) is 10.7. The quantitative estimate of drug-likeness (QED) is 0.0144. The molecule has 0 amide bonds. The number of nitrogens with zero attached hydrogens (tertiary/aromatic N) is 2. The Balaban J connectivity index is 5.65. The van der Waals surface area contributed by atoms with Crippen LogP contribution in [0.15, 0.2) is 35.8 Å². The highest BCUT2D eigenvalue weighted by Crippen LogP contribution is 2.19. The van der Waals surface area contributed by atoms with Crippen molar-refractivity contribution < 1.29 is 47.6 Å². The van der Waals surface area contributed by atoms with Gasteiger partial charge >= 0.3 is 23.9 Å². The van der Waals surface area contributed by atoms with Crippen LogP contribution in [0, 0.1) is 0 Å². The average molecular weight is 879 g/mol. The van der Waals surface area contributed by atoms with Gasteiger partial charge in [0.25, 0.3) is 0 Å². The van der Waals surface area contributed by atoms with Gasteiger partial charge in [-0.25, -0.2) is 4.79 Å². The van der Waals surface area contributed by atoms with Gasteiger partial charge in [0.15, 0.2) is 11.5 Å². The molecule has 0 radical (unpaired) electrons. The first-order valence-corrected chi connectivity index (χ1v) is 24.2. The molecule has 0 saturated carbocycles. The lowest BCUT2D eigenvalue weighted by molar-refractivity contribution is -0.150. The second-order valence-electron chi connectivity index (χ2n) is 16.7. The molecule has 0 aromatic carbocycles. The highest BCUT2D eigenvalue weighted by Gasteiger charge is 2.19. The van der Waals surface area contributed by atoms with E-state index in [1.807, 2.05) is 19.0 Å². The van der Waals surface area contributed by atoms with Crippen LogP contribution in [-0.2, 0) is 47.6 Å². The first-order chi connectivity index (χ1) is 30.0. The minimum absolute atomic E-state index is 0.0332. The van der Waals surface area contributed by atoms with Crippen molar-refractivity contribution in [3.63, 3.8) is 0 Å². The molecule has 0 N–H and O–H groups in total. The Hall–Kier alpha value is -3.22. The predicted octanol–water partition coefficient (Wildman–Crippen LogP) is 10.8. The van der Waals surface area contributed by atoms with E-state index >= 15 is 0 Å². The van der Waals surface area contributed by atoms with Crippen molar-refractivity contribution in [2.45, 2.75) is 194 Å². The number of hydrogen-bond donors (Lipinski definition) is 0. The molecular weight excluding hydrogens is 789 g/mol. The van der Waals surface area contributed by atoms with Gasteiger partial charge in [0.1, 0.15) is 18.8 Å². The number of allylic oxidation sites excluding steroid dienone is 1. The number of hydrogen-bond acceptors (Lipinski definition) is 12. The predicted molar refractivity (Wildman–Crippen MR) is 249 cm³/mol. The number of ether oxygens (including phenoxy) is 6. The fraction of sp³-hybridized carbons (Fsp3) is 0.800. The van der Waals surface area contributed by atoms with Gasteiger partial charge in [-0.1, -0.05) is 105 Å². The van der Waals surface area contributed by atoms with E-state index in [0.29, 0.717) is 58.2 Å². The van der Waals surface area contributed by atoms with Gasteiger partial charge in [-0.3, -0.25) is 14.4 Å². The van der Waals surface area contributed by atoms with Crippen molar-refractivity contribution in [3.05, 3.63) is 35.8 Å². The van der Waals surface area contributed by atoms with Gasteiger partial charge in [-0.15, -0.1) is 0 Å². The number of carbonyl (C=O) groups is 4. The summed E-state index contributed by atoms with van der Waals surface area (Å²) in [5, 5.41) is 0. The zero-order chi connectivity index (χ0) is 46.2. The summed E-state index contributed by atoms with van der Waals surface area (Å²) in [6.07, 6.45) is 24.4. The molecule has 12 nitrogen and oxygen atoms in total. The lowest BCUT2D eigenvalue weighted by Crippen LogP contribution is -2.29. The lowest BCUT2D eigenvalue weighted by atomic mass is 10.0. The van der Waals surface area contributed by atoms with E-state index in [2.05, 4.69) is 39.2 Å². The Morgan fingerprint density at radius 1 is 0.597 bits per heavy atom. The van der Waals surface area contributed by atoms with Gasteiger partial charge in [0.2, 0.25) is 0 Å². The Labute approximate surface area is 377 Å². The van der Waals surface area contributed by atoms with Crippen LogP contribution < -0.4 is 0 Å². The zero-order valence-corrected chi connectivity index (χ0v) is 40.7. The lowest BCUT2D eigenvalue weighted by Gasteiger charge is -2.23. The molecule has 0 aromatic rings. The number of carbonyl (C=O) groups excluding carboxylic acids is 4. The number of unbranched alkanes of at least 4 members (excludes halogenated alkanes) is 10. The molecule has 360 valence electrons. The number of rotatable bonds is 42. The molecule has 0 aliphatic heterocycles. The molecule has 2 unspecified atom stereocenters. The summed E-state index contributed by atoms with van der Waals surface area (Å²) >= 11 is 0. The van der Waals surface area contributed by atoms with E-state index in [1.165, 1.54) is 77.7 Å². The van der Waals surface area contributed by atoms with Crippen molar-refractivity contribution in [3.8, 4) is 0 Å². The van der Waals surface area contributed by atoms with Crippen molar-refractivity contribution in [1.82, 2.24) is 9.80 Å². The van der Waals surface area contributed by atoms with E-state index in [4.69, 9.17) is 28.4 Å². The smallest absolute Gasteiger partial charge is 0.338 e.